The third-order valence-corrected chi connectivity index (χ3v) is 3.19. The second-order valence-corrected chi connectivity index (χ2v) is 4.31. The molecule has 5 nitrogen and oxygen atoms in total. The van der Waals surface area contributed by atoms with Crippen molar-refractivity contribution in [3.63, 3.8) is 0 Å². The van der Waals surface area contributed by atoms with Gasteiger partial charge in [-0.2, -0.15) is 5.10 Å². The molecule has 1 aliphatic heterocycles. The number of hydrogen-bond donors (Lipinski definition) is 1. The lowest BCUT2D eigenvalue weighted by Crippen LogP contribution is -2.37. The Morgan fingerprint density at radius 3 is 3.12 bits per heavy atom. The summed E-state index contributed by atoms with van der Waals surface area (Å²) in [6.45, 7) is 1.88. The van der Waals surface area contributed by atoms with Crippen LogP contribution in [-0.4, -0.2) is 46.8 Å². The van der Waals surface area contributed by atoms with E-state index in [0.717, 1.165) is 25.2 Å². The third kappa shape index (κ3) is 2.74. The highest BCUT2D eigenvalue weighted by molar-refractivity contribution is 5.91. The van der Waals surface area contributed by atoms with Crippen molar-refractivity contribution in [1.82, 2.24) is 20.0 Å². The van der Waals surface area contributed by atoms with Crippen molar-refractivity contribution in [3.05, 3.63) is 24.0 Å². The monoisotopic (exact) mass is 234 g/mol. The molecular formula is C12H18N4O. The normalized spacial score (nSPS) is 20.0. The maximum Gasteiger partial charge on any atom is 0.246 e. The van der Waals surface area contributed by atoms with Crippen LogP contribution in [0.25, 0.3) is 6.08 Å². The van der Waals surface area contributed by atoms with Gasteiger partial charge in [-0.25, -0.2) is 0 Å². The first-order valence-corrected chi connectivity index (χ1v) is 5.82. The molecule has 2 rings (SSSR count). The van der Waals surface area contributed by atoms with Gasteiger partial charge in [0.25, 0.3) is 0 Å². The minimum absolute atomic E-state index is 0.0416. The molecule has 1 unspecified atom stereocenters. The van der Waals surface area contributed by atoms with E-state index >= 15 is 0 Å². The summed E-state index contributed by atoms with van der Waals surface area (Å²) in [5.41, 5.74) is 0.927. The molecule has 0 spiro atoms. The molecule has 0 bridgehead atoms. The van der Waals surface area contributed by atoms with Gasteiger partial charge in [-0.15, -0.1) is 0 Å². The molecule has 0 radical (unpaired) electrons. The zero-order valence-corrected chi connectivity index (χ0v) is 10.3. The number of carbonyl (C=O) groups is 1. The highest BCUT2D eigenvalue weighted by atomic mass is 16.2. The Morgan fingerprint density at radius 2 is 2.53 bits per heavy atom. The molecule has 1 atom stereocenters. The molecule has 17 heavy (non-hydrogen) atoms. The van der Waals surface area contributed by atoms with E-state index in [-0.39, 0.29) is 5.91 Å². The van der Waals surface area contributed by atoms with Gasteiger partial charge in [-0.05, 0) is 25.1 Å². The van der Waals surface area contributed by atoms with Crippen LogP contribution in [0.2, 0.25) is 0 Å². The minimum Gasteiger partial charge on any atom is -0.338 e. The molecule has 1 saturated heterocycles. The Balaban J connectivity index is 1.96. The van der Waals surface area contributed by atoms with Crippen molar-refractivity contribution in [2.75, 3.05) is 20.1 Å². The Bertz CT molecular complexity index is 418. The van der Waals surface area contributed by atoms with Gasteiger partial charge in [-0.3, -0.25) is 9.48 Å². The summed E-state index contributed by atoms with van der Waals surface area (Å²) in [5.74, 6) is 0.0416. The van der Waals surface area contributed by atoms with Gasteiger partial charge in [0, 0.05) is 39.0 Å². The zero-order chi connectivity index (χ0) is 12.3. The van der Waals surface area contributed by atoms with Crippen LogP contribution in [0.1, 0.15) is 12.1 Å². The zero-order valence-electron chi connectivity index (χ0n) is 10.3. The topological polar surface area (TPSA) is 50.2 Å². The van der Waals surface area contributed by atoms with Crippen LogP contribution in [0.4, 0.5) is 0 Å². The molecule has 5 heteroatoms. The third-order valence-electron chi connectivity index (χ3n) is 3.19. The first-order chi connectivity index (χ1) is 8.18. The van der Waals surface area contributed by atoms with Crippen molar-refractivity contribution in [1.29, 1.82) is 0 Å². The number of aryl methyl sites for hydroxylation is 1. The Kier molecular flexibility index (Phi) is 3.58. The van der Waals surface area contributed by atoms with Crippen molar-refractivity contribution in [2.24, 2.45) is 7.05 Å². The fraction of sp³-hybridized carbons (Fsp3) is 0.500. The van der Waals surface area contributed by atoms with E-state index in [1.165, 1.54) is 0 Å². The molecule has 1 amide bonds. The largest absolute Gasteiger partial charge is 0.338 e. The molecule has 2 heterocycles. The first kappa shape index (κ1) is 11.9. The Morgan fingerprint density at radius 1 is 1.71 bits per heavy atom. The number of aromatic nitrogens is 2. The van der Waals surface area contributed by atoms with Crippen molar-refractivity contribution < 1.29 is 4.79 Å². The molecule has 1 fully saturated rings. The van der Waals surface area contributed by atoms with E-state index in [4.69, 9.17) is 0 Å². The summed E-state index contributed by atoms with van der Waals surface area (Å²) in [7, 11) is 3.71. The van der Waals surface area contributed by atoms with Crippen molar-refractivity contribution in [3.8, 4) is 0 Å². The van der Waals surface area contributed by atoms with E-state index in [0.29, 0.717) is 6.04 Å². The number of amides is 1. The van der Waals surface area contributed by atoms with Gasteiger partial charge in [0.05, 0.1) is 5.69 Å². The molecular weight excluding hydrogens is 216 g/mol. The van der Waals surface area contributed by atoms with Crippen LogP contribution in [0.5, 0.6) is 0 Å². The molecule has 1 aromatic heterocycles. The SMILES string of the molecule is CN(C(=O)/C=C/c1ccnn1C)C1CCNC1. The van der Waals surface area contributed by atoms with Crippen molar-refractivity contribution in [2.45, 2.75) is 12.5 Å². The number of carbonyl (C=O) groups excluding carboxylic acids is 1. The molecule has 92 valence electrons. The number of hydrogen-bond acceptors (Lipinski definition) is 3. The Hall–Kier alpha value is -1.62. The van der Waals surface area contributed by atoms with E-state index in [2.05, 4.69) is 10.4 Å². The van der Waals surface area contributed by atoms with Gasteiger partial charge in [-0.1, -0.05) is 0 Å². The van der Waals surface area contributed by atoms with E-state index in [1.54, 1.807) is 27.9 Å². The van der Waals surface area contributed by atoms with Gasteiger partial charge in [0.2, 0.25) is 5.91 Å². The average Bonchev–Trinajstić information content (AvgIpc) is 2.96. The molecule has 1 N–H and O–H groups in total. The lowest BCUT2D eigenvalue weighted by atomic mass is 10.2. The van der Waals surface area contributed by atoms with Crippen LogP contribution in [0, 0.1) is 0 Å². The second kappa shape index (κ2) is 5.14. The van der Waals surface area contributed by atoms with Gasteiger partial charge < -0.3 is 10.2 Å². The lowest BCUT2D eigenvalue weighted by Gasteiger charge is -2.22. The van der Waals surface area contributed by atoms with E-state index in [9.17, 15) is 4.79 Å². The summed E-state index contributed by atoms with van der Waals surface area (Å²) < 4.78 is 1.74. The van der Waals surface area contributed by atoms with E-state index < -0.39 is 0 Å². The number of likely N-dealkylation sites (N-methyl/N-ethyl adjacent to an activating group) is 1. The van der Waals surface area contributed by atoms with E-state index in [1.807, 2.05) is 20.2 Å². The summed E-state index contributed by atoms with van der Waals surface area (Å²) >= 11 is 0. The quantitative estimate of drug-likeness (QED) is 0.763. The predicted octanol–water partition coefficient (Wildman–Crippen LogP) is 0.254. The molecule has 0 aromatic carbocycles. The number of nitrogens with zero attached hydrogens (tertiary/aromatic N) is 3. The second-order valence-electron chi connectivity index (χ2n) is 4.31. The van der Waals surface area contributed by atoms with Crippen LogP contribution in [0.3, 0.4) is 0 Å². The van der Waals surface area contributed by atoms with Gasteiger partial charge in [0.1, 0.15) is 0 Å². The number of rotatable bonds is 3. The fourth-order valence-electron chi connectivity index (χ4n) is 1.97. The van der Waals surface area contributed by atoms with Gasteiger partial charge in [0.15, 0.2) is 0 Å². The Labute approximate surface area is 101 Å². The summed E-state index contributed by atoms with van der Waals surface area (Å²) in [6.07, 6.45) is 6.15. The lowest BCUT2D eigenvalue weighted by molar-refractivity contribution is -0.126. The highest BCUT2D eigenvalue weighted by Gasteiger charge is 2.21. The highest BCUT2D eigenvalue weighted by Crippen LogP contribution is 2.07. The summed E-state index contributed by atoms with van der Waals surface area (Å²) in [5, 5.41) is 7.30. The minimum atomic E-state index is 0.0416. The average molecular weight is 234 g/mol. The molecule has 0 aliphatic carbocycles. The van der Waals surface area contributed by atoms with Crippen molar-refractivity contribution >= 4 is 12.0 Å². The maximum atomic E-state index is 11.9. The number of nitrogens with one attached hydrogen (secondary N) is 1. The maximum absolute atomic E-state index is 11.9. The summed E-state index contributed by atoms with van der Waals surface area (Å²) in [4.78, 5) is 13.7. The van der Waals surface area contributed by atoms with Crippen LogP contribution < -0.4 is 5.32 Å². The first-order valence-electron chi connectivity index (χ1n) is 5.82. The molecule has 0 saturated carbocycles. The van der Waals surface area contributed by atoms with Gasteiger partial charge >= 0.3 is 0 Å². The van der Waals surface area contributed by atoms with Crippen LogP contribution in [-0.2, 0) is 11.8 Å². The predicted molar refractivity (Wildman–Crippen MR) is 66.3 cm³/mol. The van der Waals surface area contributed by atoms with Crippen LogP contribution in [0.15, 0.2) is 18.3 Å². The summed E-state index contributed by atoms with van der Waals surface area (Å²) in [6, 6.07) is 2.19. The smallest absolute Gasteiger partial charge is 0.246 e. The fourth-order valence-corrected chi connectivity index (χ4v) is 1.97. The molecule has 1 aliphatic rings. The standard InChI is InChI=1S/C12H18N4O/c1-15(11-5-7-13-9-11)12(17)4-3-10-6-8-14-16(10)2/h3-4,6,8,11,13H,5,7,9H2,1-2H3/b4-3+. The molecule has 1 aromatic rings. The van der Waals surface area contributed by atoms with Crippen LogP contribution >= 0.6 is 0 Å².